The highest BCUT2D eigenvalue weighted by atomic mass is 79.9. The van der Waals surface area contributed by atoms with Crippen molar-refractivity contribution in [3.63, 3.8) is 0 Å². The van der Waals surface area contributed by atoms with Crippen molar-refractivity contribution in [3.05, 3.63) is 97.4 Å². The Labute approximate surface area is 250 Å². The van der Waals surface area contributed by atoms with E-state index in [0.29, 0.717) is 32.6 Å². The van der Waals surface area contributed by atoms with E-state index in [4.69, 9.17) is 4.74 Å². The molecular formula is C29H22BrN3O6S2. The van der Waals surface area contributed by atoms with E-state index in [1.165, 1.54) is 15.5 Å². The number of fused-ring (bicyclic) bond motifs is 2. The summed E-state index contributed by atoms with van der Waals surface area (Å²) in [5.74, 6) is -2.24. The number of carbonyl (C=O) groups is 3. The number of rotatable bonds is 6. The quantitative estimate of drug-likeness (QED) is 0.287. The Balaban J connectivity index is 1.39. The number of imide groups is 1. The summed E-state index contributed by atoms with van der Waals surface area (Å²) in [7, 11) is 1.55. The van der Waals surface area contributed by atoms with Gasteiger partial charge in [-0.1, -0.05) is 57.2 Å². The van der Waals surface area contributed by atoms with Crippen LogP contribution in [0.15, 0.2) is 87.1 Å². The molecule has 3 atom stereocenters. The minimum absolute atomic E-state index is 0.0407. The molecule has 2 N–H and O–H groups in total. The molecule has 4 aromatic rings. The number of methoxy groups -OCH3 is 1. The van der Waals surface area contributed by atoms with Gasteiger partial charge in [0.25, 0.3) is 0 Å². The Morgan fingerprint density at radius 2 is 1.71 bits per heavy atom. The molecule has 9 nitrogen and oxygen atoms in total. The number of nitrogens with zero attached hydrogens (tertiary/aromatic N) is 2. The zero-order valence-electron chi connectivity index (χ0n) is 21.4. The molecule has 1 fully saturated rings. The van der Waals surface area contributed by atoms with Crippen LogP contribution in [0.2, 0.25) is 0 Å². The van der Waals surface area contributed by atoms with Crippen LogP contribution in [-0.4, -0.2) is 39.8 Å². The Morgan fingerprint density at radius 3 is 2.39 bits per heavy atom. The standard InChI is InChI=1S/C29H22BrN3O6S2/c1-39-18-12-8-16(9-13-18)31-21(35)14-32-28-25(41-29(32)38)22(19-4-2-3-5-20(19)34)23-24(40-28)27(37)33(26(23)36)17-10-6-15(30)7-11-17/h2-13,22-24,34H,14H2,1H3,(H,31,35). The summed E-state index contributed by atoms with van der Waals surface area (Å²) in [4.78, 5) is 55.3. The van der Waals surface area contributed by atoms with E-state index in [0.717, 1.165) is 27.6 Å². The van der Waals surface area contributed by atoms with Crippen molar-refractivity contribution in [2.24, 2.45) is 5.92 Å². The summed E-state index contributed by atoms with van der Waals surface area (Å²) >= 11 is 5.42. The van der Waals surface area contributed by atoms with Gasteiger partial charge in [-0.05, 0) is 54.6 Å². The number of phenols is 1. The SMILES string of the molecule is COc1ccc(NC(=O)Cn2c3c(sc2=O)C(c2ccccc2O)C2C(=O)N(c4ccc(Br)cc4)C(=O)C2S3)cc1. The fourth-order valence-corrected chi connectivity index (χ4v) is 8.23. The van der Waals surface area contributed by atoms with Gasteiger partial charge in [0, 0.05) is 26.5 Å². The Bertz CT molecular complexity index is 1730. The number of hydrogen-bond donors (Lipinski definition) is 2. The molecular weight excluding hydrogens is 630 g/mol. The van der Waals surface area contributed by atoms with Crippen LogP contribution in [0.1, 0.15) is 16.4 Å². The zero-order valence-corrected chi connectivity index (χ0v) is 24.7. The van der Waals surface area contributed by atoms with E-state index in [1.807, 2.05) is 0 Å². The first kappa shape index (κ1) is 27.3. The maximum atomic E-state index is 13.9. The molecule has 3 amide bonds. The number of carbonyl (C=O) groups excluding carboxylic acids is 3. The van der Waals surface area contributed by atoms with Crippen LogP contribution < -0.4 is 19.8 Å². The van der Waals surface area contributed by atoms with Gasteiger partial charge in [0.15, 0.2) is 0 Å². The van der Waals surface area contributed by atoms with Gasteiger partial charge in [-0.3, -0.25) is 23.7 Å². The third kappa shape index (κ3) is 4.85. The second-order valence-corrected chi connectivity index (χ2v) is 12.5. The van der Waals surface area contributed by atoms with Crippen LogP contribution in [0.4, 0.5) is 11.4 Å². The van der Waals surface area contributed by atoms with Crippen molar-refractivity contribution in [2.75, 3.05) is 17.3 Å². The van der Waals surface area contributed by atoms with E-state index in [9.17, 15) is 24.3 Å². The molecule has 0 radical (unpaired) electrons. The first-order valence-corrected chi connectivity index (χ1v) is 15.0. The smallest absolute Gasteiger partial charge is 0.308 e. The molecule has 0 spiro atoms. The minimum Gasteiger partial charge on any atom is -0.508 e. The van der Waals surface area contributed by atoms with Gasteiger partial charge in [0.2, 0.25) is 17.7 Å². The fraction of sp³-hybridized carbons (Fsp3) is 0.172. The lowest BCUT2D eigenvalue weighted by molar-refractivity contribution is -0.122. The van der Waals surface area contributed by atoms with E-state index in [1.54, 1.807) is 73.8 Å². The number of anilines is 2. The molecule has 3 aromatic carbocycles. The molecule has 0 bridgehead atoms. The topological polar surface area (TPSA) is 118 Å². The van der Waals surface area contributed by atoms with Gasteiger partial charge in [-0.15, -0.1) is 0 Å². The highest BCUT2D eigenvalue weighted by Crippen LogP contribution is 2.55. The Morgan fingerprint density at radius 1 is 1.00 bits per heavy atom. The molecule has 3 unspecified atom stereocenters. The molecule has 3 heterocycles. The largest absolute Gasteiger partial charge is 0.508 e. The number of benzene rings is 3. The summed E-state index contributed by atoms with van der Waals surface area (Å²) in [5.41, 5.74) is 1.42. The van der Waals surface area contributed by atoms with Crippen LogP contribution in [0.3, 0.4) is 0 Å². The number of aromatic nitrogens is 1. The van der Waals surface area contributed by atoms with Gasteiger partial charge in [-0.2, -0.15) is 0 Å². The summed E-state index contributed by atoms with van der Waals surface area (Å²) in [6.45, 7) is -0.285. The molecule has 12 heteroatoms. The normalized spacial score (nSPS) is 19.6. The Hall–Kier alpha value is -3.87. The molecule has 1 saturated heterocycles. The lowest BCUT2D eigenvalue weighted by Crippen LogP contribution is -2.33. The molecule has 2 aliphatic rings. The highest BCUT2D eigenvalue weighted by Gasteiger charge is 2.57. The maximum Gasteiger partial charge on any atom is 0.308 e. The number of halogens is 1. The summed E-state index contributed by atoms with van der Waals surface area (Å²) in [5, 5.41) is 13.2. The second kappa shape index (κ2) is 10.8. The van der Waals surface area contributed by atoms with E-state index in [2.05, 4.69) is 21.2 Å². The van der Waals surface area contributed by atoms with Crippen molar-refractivity contribution < 1.29 is 24.2 Å². The number of aromatic hydroxyl groups is 1. The molecule has 0 aliphatic carbocycles. The third-order valence-corrected chi connectivity index (χ3v) is 10.2. The van der Waals surface area contributed by atoms with Gasteiger partial charge >= 0.3 is 4.87 Å². The Kier molecular flexibility index (Phi) is 7.22. The first-order valence-electron chi connectivity index (χ1n) is 12.5. The molecule has 2 aliphatic heterocycles. The van der Waals surface area contributed by atoms with Crippen molar-refractivity contribution in [2.45, 2.75) is 22.7 Å². The predicted octanol–water partition coefficient (Wildman–Crippen LogP) is 4.82. The average molecular weight is 653 g/mol. The minimum atomic E-state index is -0.854. The lowest BCUT2D eigenvalue weighted by atomic mass is 9.82. The monoisotopic (exact) mass is 651 g/mol. The predicted molar refractivity (Wildman–Crippen MR) is 160 cm³/mol. The van der Waals surface area contributed by atoms with Crippen LogP contribution in [0, 0.1) is 5.92 Å². The van der Waals surface area contributed by atoms with Crippen molar-refractivity contribution >= 4 is 68.1 Å². The second-order valence-electron chi connectivity index (χ2n) is 9.49. The summed E-state index contributed by atoms with van der Waals surface area (Å²) in [6, 6.07) is 20.3. The van der Waals surface area contributed by atoms with Gasteiger partial charge in [0.05, 0.1) is 23.7 Å². The summed E-state index contributed by atoms with van der Waals surface area (Å²) < 4.78 is 7.29. The number of amides is 3. The number of nitrogens with one attached hydrogen (secondary N) is 1. The van der Waals surface area contributed by atoms with E-state index >= 15 is 0 Å². The lowest BCUT2D eigenvalue weighted by Gasteiger charge is -2.31. The molecule has 208 valence electrons. The fourth-order valence-electron chi connectivity index (χ4n) is 5.20. The van der Waals surface area contributed by atoms with E-state index < -0.39 is 39.7 Å². The average Bonchev–Trinajstić information content (AvgIpc) is 3.40. The molecule has 41 heavy (non-hydrogen) atoms. The number of ether oxygens (including phenoxy) is 1. The zero-order chi connectivity index (χ0) is 28.8. The van der Waals surface area contributed by atoms with Crippen LogP contribution >= 0.6 is 39.0 Å². The van der Waals surface area contributed by atoms with Crippen LogP contribution in [-0.2, 0) is 20.9 Å². The number of thioether (sulfide) groups is 1. The maximum absolute atomic E-state index is 13.9. The van der Waals surface area contributed by atoms with Crippen molar-refractivity contribution in [1.29, 1.82) is 0 Å². The number of thiazole rings is 1. The van der Waals surface area contributed by atoms with Crippen LogP contribution in [0.25, 0.3) is 0 Å². The van der Waals surface area contributed by atoms with Gasteiger partial charge < -0.3 is 15.2 Å². The van der Waals surface area contributed by atoms with Crippen LogP contribution in [0.5, 0.6) is 11.5 Å². The first-order chi connectivity index (χ1) is 19.8. The third-order valence-electron chi connectivity index (χ3n) is 7.08. The summed E-state index contributed by atoms with van der Waals surface area (Å²) in [6.07, 6.45) is 0. The van der Waals surface area contributed by atoms with Gasteiger partial charge in [-0.25, -0.2) is 4.90 Å². The molecule has 6 rings (SSSR count). The van der Waals surface area contributed by atoms with Crippen molar-refractivity contribution in [3.8, 4) is 11.5 Å². The number of para-hydroxylation sites is 1. The van der Waals surface area contributed by atoms with E-state index in [-0.39, 0.29) is 12.3 Å². The number of phenolic OH excluding ortho intramolecular Hbond substituents is 1. The molecule has 1 aromatic heterocycles. The highest BCUT2D eigenvalue weighted by molar-refractivity contribution is 9.10. The van der Waals surface area contributed by atoms with Crippen molar-refractivity contribution in [1.82, 2.24) is 4.57 Å². The van der Waals surface area contributed by atoms with Gasteiger partial charge in [0.1, 0.15) is 23.3 Å². The molecule has 0 saturated carbocycles. The number of hydrogen-bond acceptors (Lipinski definition) is 8.